The molecular formula is C9H21OY-. The average molecular weight is 234 g/mol. The molecule has 1 N–H and O–H groups in total. The first-order valence-electron chi connectivity index (χ1n) is 4.01. The van der Waals surface area contributed by atoms with Crippen LogP contribution in [0.2, 0.25) is 0 Å². The summed E-state index contributed by atoms with van der Waals surface area (Å²) in [6.45, 7) is 11.6. The smallest absolute Gasteiger partial charge is 0.0483 e. The molecule has 0 saturated heterocycles. The molecule has 0 fully saturated rings. The predicted molar refractivity (Wildman–Crippen MR) is 46.8 cm³/mol. The molecule has 0 spiro atoms. The molecule has 0 aliphatic heterocycles. The largest absolute Gasteiger partial charge is 0.394 e. The fourth-order valence-corrected chi connectivity index (χ4v) is 0.204. The number of hydrogen-bond acceptors (Lipinski definition) is 1. The summed E-state index contributed by atoms with van der Waals surface area (Å²) in [5.74, 6) is 0.824. The maximum Gasteiger partial charge on any atom is 0.0483 e. The maximum absolute atomic E-state index is 8.06. The minimum absolute atomic E-state index is 0. The van der Waals surface area contributed by atoms with Gasteiger partial charge in [0, 0.05) is 38.8 Å². The Bertz CT molecular complexity index is 48.8. The molecule has 2 heteroatoms. The first-order valence-corrected chi connectivity index (χ1v) is 4.01. The van der Waals surface area contributed by atoms with Crippen molar-refractivity contribution in [1.82, 2.24) is 0 Å². The van der Waals surface area contributed by atoms with Crippen LogP contribution in [-0.4, -0.2) is 11.2 Å². The first-order chi connectivity index (χ1) is 4.54. The third-order valence-electron chi connectivity index (χ3n) is 1.19. The Morgan fingerprint density at radius 1 is 1.27 bits per heavy atom. The molecule has 0 aromatic heterocycles. The summed E-state index contributed by atoms with van der Waals surface area (Å²) in [6, 6.07) is 0. The van der Waals surface area contributed by atoms with Gasteiger partial charge in [-0.1, -0.05) is 26.2 Å². The summed E-state index contributed by atoms with van der Waals surface area (Å²) in [7, 11) is 0. The van der Waals surface area contributed by atoms with Gasteiger partial charge in [-0.15, -0.1) is 0 Å². The van der Waals surface area contributed by atoms with E-state index in [0.29, 0.717) is 0 Å². The molecule has 0 saturated carbocycles. The third kappa shape index (κ3) is 35.4. The number of aliphatic hydroxyl groups excluding tert-OH is 1. The van der Waals surface area contributed by atoms with Crippen LogP contribution in [0.5, 0.6) is 0 Å². The molecule has 67 valence electrons. The molecule has 1 radical (unpaired) electrons. The summed E-state index contributed by atoms with van der Waals surface area (Å²) in [5.41, 5.74) is 0. The third-order valence-corrected chi connectivity index (χ3v) is 1.19. The van der Waals surface area contributed by atoms with Crippen LogP contribution in [0.15, 0.2) is 0 Å². The second-order valence-corrected chi connectivity index (χ2v) is 2.90. The predicted octanol–water partition coefficient (Wildman–Crippen LogP) is 2.64. The van der Waals surface area contributed by atoms with Gasteiger partial charge in [0.15, 0.2) is 0 Å². The standard InChI is InChI=1S/C6H13.C3H8O.Y/c1-4-6(3)5-2;1-3(2)4;/h6H,1,4-5H2,2-3H3;3-4H,1-2H3;/q-1;;. The summed E-state index contributed by atoms with van der Waals surface area (Å²) in [5, 5.41) is 8.06. The van der Waals surface area contributed by atoms with E-state index in [1.165, 1.54) is 6.42 Å². The van der Waals surface area contributed by atoms with Crippen molar-refractivity contribution in [3.63, 3.8) is 0 Å². The Balaban J connectivity index is -0.000000114. The molecule has 0 aromatic carbocycles. The van der Waals surface area contributed by atoms with Crippen LogP contribution in [-0.2, 0) is 32.7 Å². The van der Waals surface area contributed by atoms with Crippen molar-refractivity contribution < 1.29 is 37.8 Å². The zero-order valence-electron chi connectivity index (χ0n) is 8.30. The van der Waals surface area contributed by atoms with E-state index in [1.807, 2.05) is 0 Å². The number of hydrogen-bond donors (Lipinski definition) is 1. The van der Waals surface area contributed by atoms with Gasteiger partial charge in [-0.3, -0.25) is 0 Å². The molecule has 0 aromatic rings. The van der Waals surface area contributed by atoms with E-state index in [0.717, 1.165) is 12.3 Å². The fourth-order valence-electron chi connectivity index (χ4n) is 0.204. The van der Waals surface area contributed by atoms with Crippen molar-refractivity contribution in [2.24, 2.45) is 5.92 Å². The van der Waals surface area contributed by atoms with Crippen molar-refractivity contribution in [2.45, 2.75) is 46.6 Å². The van der Waals surface area contributed by atoms with Crippen LogP contribution in [0.1, 0.15) is 40.5 Å². The first kappa shape index (κ1) is 18.0. The van der Waals surface area contributed by atoms with E-state index in [1.54, 1.807) is 13.8 Å². The molecule has 0 aliphatic carbocycles. The second-order valence-electron chi connectivity index (χ2n) is 2.90. The summed E-state index contributed by atoms with van der Waals surface area (Å²) in [6.07, 6.45) is 2.18. The van der Waals surface area contributed by atoms with Gasteiger partial charge in [0.05, 0.1) is 0 Å². The van der Waals surface area contributed by atoms with Crippen molar-refractivity contribution in [3.05, 3.63) is 6.92 Å². The van der Waals surface area contributed by atoms with Crippen molar-refractivity contribution in [2.75, 3.05) is 0 Å². The molecule has 0 bridgehead atoms. The Morgan fingerprint density at radius 2 is 1.55 bits per heavy atom. The van der Waals surface area contributed by atoms with Crippen LogP contribution in [0, 0.1) is 12.8 Å². The van der Waals surface area contributed by atoms with Gasteiger partial charge in [-0.25, -0.2) is 0 Å². The van der Waals surface area contributed by atoms with E-state index in [4.69, 9.17) is 5.11 Å². The van der Waals surface area contributed by atoms with E-state index in [2.05, 4.69) is 20.8 Å². The molecule has 0 heterocycles. The minimum atomic E-state index is -0.167. The van der Waals surface area contributed by atoms with Gasteiger partial charge in [0.2, 0.25) is 0 Å². The van der Waals surface area contributed by atoms with Crippen molar-refractivity contribution in [1.29, 1.82) is 0 Å². The van der Waals surface area contributed by atoms with Gasteiger partial charge in [-0.2, -0.15) is 6.42 Å². The molecule has 1 unspecified atom stereocenters. The Labute approximate surface area is 96.8 Å². The van der Waals surface area contributed by atoms with E-state index in [-0.39, 0.29) is 38.8 Å². The Kier molecular flexibility index (Phi) is 22.3. The molecule has 1 nitrogen and oxygen atoms in total. The quantitative estimate of drug-likeness (QED) is 0.728. The average Bonchev–Trinajstić information content (AvgIpc) is 1.85. The molecule has 0 amide bonds. The molecule has 1 atom stereocenters. The van der Waals surface area contributed by atoms with Crippen LogP contribution >= 0.6 is 0 Å². The molecule has 11 heavy (non-hydrogen) atoms. The van der Waals surface area contributed by atoms with Gasteiger partial charge in [0.25, 0.3) is 0 Å². The van der Waals surface area contributed by atoms with Crippen LogP contribution in [0.3, 0.4) is 0 Å². The van der Waals surface area contributed by atoms with E-state index >= 15 is 0 Å². The minimum Gasteiger partial charge on any atom is -0.394 e. The van der Waals surface area contributed by atoms with Gasteiger partial charge in [-0.05, 0) is 13.8 Å². The van der Waals surface area contributed by atoms with Gasteiger partial charge < -0.3 is 12.0 Å². The maximum atomic E-state index is 8.06. The van der Waals surface area contributed by atoms with Crippen LogP contribution < -0.4 is 0 Å². The second kappa shape index (κ2) is 13.6. The molecular weight excluding hydrogens is 213 g/mol. The zero-order valence-corrected chi connectivity index (χ0v) is 11.1. The Hall–Kier alpha value is 1.06. The normalized spacial score (nSPS) is 11.2. The molecule has 0 aliphatic rings. The molecule has 0 rings (SSSR count). The van der Waals surface area contributed by atoms with Gasteiger partial charge in [0.1, 0.15) is 0 Å². The van der Waals surface area contributed by atoms with Crippen molar-refractivity contribution in [3.8, 4) is 0 Å². The Morgan fingerprint density at radius 3 is 1.55 bits per heavy atom. The van der Waals surface area contributed by atoms with Gasteiger partial charge >= 0.3 is 0 Å². The SMILES string of the molecule is CC(C)O.[CH2-]CC(C)CC.[Y]. The van der Waals surface area contributed by atoms with Crippen molar-refractivity contribution >= 4 is 0 Å². The summed E-state index contributed by atoms with van der Waals surface area (Å²) < 4.78 is 0. The topological polar surface area (TPSA) is 20.2 Å². The summed E-state index contributed by atoms with van der Waals surface area (Å²) in [4.78, 5) is 0. The van der Waals surface area contributed by atoms with Crippen LogP contribution in [0.4, 0.5) is 0 Å². The van der Waals surface area contributed by atoms with E-state index in [9.17, 15) is 0 Å². The number of rotatable bonds is 2. The zero-order chi connectivity index (χ0) is 8.57. The van der Waals surface area contributed by atoms with E-state index < -0.39 is 0 Å². The monoisotopic (exact) mass is 234 g/mol. The number of aliphatic hydroxyl groups is 1. The fraction of sp³-hybridized carbons (Fsp3) is 0.889. The summed E-state index contributed by atoms with van der Waals surface area (Å²) >= 11 is 0. The van der Waals surface area contributed by atoms with Crippen LogP contribution in [0.25, 0.3) is 0 Å².